The lowest BCUT2D eigenvalue weighted by Gasteiger charge is -2.25. The van der Waals surface area contributed by atoms with E-state index < -0.39 is 8.80 Å². The van der Waals surface area contributed by atoms with Crippen molar-refractivity contribution in [2.24, 2.45) is 0 Å². The van der Waals surface area contributed by atoms with Gasteiger partial charge < -0.3 is 13.3 Å². The van der Waals surface area contributed by atoms with E-state index in [-0.39, 0.29) is 5.82 Å². The summed E-state index contributed by atoms with van der Waals surface area (Å²) in [5.74, 6) is -0.248. The Kier molecular flexibility index (Phi) is 5.07. The van der Waals surface area contributed by atoms with Crippen LogP contribution in [-0.4, -0.2) is 29.6 Å². The maximum absolute atomic E-state index is 12.7. The lowest BCUT2D eigenvalue weighted by atomic mass is 10.2. The second-order valence-electron chi connectivity index (χ2n) is 3.33. The van der Waals surface area contributed by atoms with E-state index in [1.54, 1.807) is 26.4 Å². The van der Waals surface area contributed by atoms with Gasteiger partial charge in [0.2, 0.25) is 0 Å². The van der Waals surface area contributed by atoms with Crippen LogP contribution in [0, 0.1) is 5.82 Å². The van der Waals surface area contributed by atoms with Gasteiger partial charge in [0, 0.05) is 26.9 Å². The molecule has 0 aliphatic rings. The normalized spacial score (nSPS) is 11.8. The third kappa shape index (κ3) is 3.38. The number of hydrogen-bond acceptors (Lipinski definition) is 3. The molecule has 0 unspecified atom stereocenters. The molecule has 0 saturated carbocycles. The summed E-state index contributed by atoms with van der Waals surface area (Å²) in [6, 6.07) is 6.83. The highest BCUT2D eigenvalue weighted by atomic mass is 28.4. The molecule has 1 aromatic rings. The molecule has 16 heavy (non-hydrogen) atoms. The predicted molar refractivity (Wildman–Crippen MR) is 61.5 cm³/mol. The molecule has 5 heteroatoms. The second kappa shape index (κ2) is 6.10. The molecule has 0 aromatic heterocycles. The van der Waals surface area contributed by atoms with Gasteiger partial charge in [0.25, 0.3) is 0 Å². The molecule has 0 aliphatic carbocycles. The van der Waals surface area contributed by atoms with Gasteiger partial charge in [0.15, 0.2) is 0 Å². The smallest absolute Gasteiger partial charge is 0.377 e. The van der Waals surface area contributed by atoms with E-state index in [0.29, 0.717) is 12.7 Å². The van der Waals surface area contributed by atoms with Gasteiger partial charge in [-0.15, -0.1) is 0 Å². The first kappa shape index (κ1) is 13.3. The first-order chi connectivity index (χ1) is 7.65. The maximum Gasteiger partial charge on any atom is 0.504 e. The molecule has 0 fully saturated rings. The van der Waals surface area contributed by atoms with Gasteiger partial charge in [-0.2, -0.15) is 0 Å². The first-order valence-electron chi connectivity index (χ1n) is 5.14. The second-order valence-corrected chi connectivity index (χ2v) is 6.15. The fourth-order valence-electron chi connectivity index (χ4n) is 1.47. The summed E-state index contributed by atoms with van der Waals surface area (Å²) >= 11 is 0. The molecule has 0 saturated heterocycles. The number of rotatable bonds is 6. The van der Waals surface area contributed by atoms with Gasteiger partial charge in [-0.25, -0.2) is 4.39 Å². The van der Waals surface area contributed by atoms with E-state index in [1.807, 2.05) is 6.92 Å². The van der Waals surface area contributed by atoms with E-state index in [9.17, 15) is 4.39 Å². The Morgan fingerprint density at radius 2 is 1.69 bits per heavy atom. The highest BCUT2D eigenvalue weighted by Crippen LogP contribution is 2.15. The van der Waals surface area contributed by atoms with Crippen LogP contribution in [0.1, 0.15) is 12.5 Å². The Labute approximate surface area is 96.5 Å². The summed E-state index contributed by atoms with van der Waals surface area (Å²) in [6.45, 7) is 2.43. The number of benzene rings is 1. The molecule has 90 valence electrons. The van der Waals surface area contributed by atoms with Crippen molar-refractivity contribution in [1.29, 1.82) is 0 Å². The zero-order chi connectivity index (χ0) is 12.0. The molecule has 0 radical (unpaired) electrons. The van der Waals surface area contributed by atoms with Crippen molar-refractivity contribution in [2.45, 2.75) is 13.0 Å². The molecule has 3 nitrogen and oxygen atoms in total. The van der Waals surface area contributed by atoms with Crippen LogP contribution in [0.4, 0.5) is 4.39 Å². The SMILES string of the molecule is CCO[Si](Cc1ccc(F)cc1)(OC)OC. The minimum atomic E-state index is -2.62. The van der Waals surface area contributed by atoms with Gasteiger partial charge >= 0.3 is 8.80 Å². The summed E-state index contributed by atoms with van der Waals surface area (Å²) in [5, 5.41) is 0. The van der Waals surface area contributed by atoms with Crippen LogP contribution in [0.25, 0.3) is 0 Å². The van der Waals surface area contributed by atoms with Gasteiger partial charge in [-0.1, -0.05) is 12.1 Å². The van der Waals surface area contributed by atoms with Crippen LogP contribution < -0.4 is 0 Å². The van der Waals surface area contributed by atoms with Gasteiger partial charge in [0.1, 0.15) is 5.82 Å². The Morgan fingerprint density at radius 3 is 2.12 bits per heavy atom. The third-order valence-corrected chi connectivity index (χ3v) is 5.13. The molecule has 0 aliphatic heterocycles. The van der Waals surface area contributed by atoms with Crippen molar-refractivity contribution in [3.8, 4) is 0 Å². The molecule has 0 amide bonds. The average Bonchev–Trinajstić information content (AvgIpc) is 2.31. The Hall–Kier alpha value is -0.753. The fourth-order valence-corrected chi connectivity index (χ4v) is 3.44. The topological polar surface area (TPSA) is 27.7 Å². The van der Waals surface area contributed by atoms with Crippen LogP contribution in [-0.2, 0) is 19.3 Å². The molecular formula is C11H17FO3Si. The average molecular weight is 244 g/mol. The molecule has 1 aromatic carbocycles. The lowest BCUT2D eigenvalue weighted by molar-refractivity contribution is 0.103. The van der Waals surface area contributed by atoms with Crippen molar-refractivity contribution in [3.63, 3.8) is 0 Å². The van der Waals surface area contributed by atoms with Crippen molar-refractivity contribution in [3.05, 3.63) is 35.6 Å². The standard InChI is InChI=1S/C11H17FO3Si/c1-4-15-16(13-2,14-3)9-10-5-7-11(12)8-6-10/h5-8H,4,9H2,1-3H3. The largest absolute Gasteiger partial charge is 0.504 e. The summed E-state index contributed by atoms with van der Waals surface area (Å²) in [6.07, 6.45) is 0. The minimum Gasteiger partial charge on any atom is -0.377 e. The van der Waals surface area contributed by atoms with Crippen LogP contribution in [0.5, 0.6) is 0 Å². The van der Waals surface area contributed by atoms with Gasteiger partial charge in [-0.05, 0) is 24.6 Å². The number of halogens is 1. The molecule has 0 bridgehead atoms. The Morgan fingerprint density at radius 1 is 1.12 bits per heavy atom. The van der Waals surface area contributed by atoms with Crippen molar-refractivity contribution < 1.29 is 17.7 Å². The molecular weight excluding hydrogens is 227 g/mol. The summed E-state index contributed by atoms with van der Waals surface area (Å²) in [4.78, 5) is 0. The van der Waals surface area contributed by atoms with E-state index in [4.69, 9.17) is 13.3 Å². The third-order valence-electron chi connectivity index (χ3n) is 2.32. The van der Waals surface area contributed by atoms with Crippen molar-refractivity contribution in [2.75, 3.05) is 20.8 Å². The lowest BCUT2D eigenvalue weighted by Crippen LogP contribution is -2.46. The van der Waals surface area contributed by atoms with E-state index >= 15 is 0 Å². The highest BCUT2D eigenvalue weighted by molar-refractivity contribution is 6.60. The summed E-state index contributed by atoms with van der Waals surface area (Å²) in [7, 11) is 0.532. The van der Waals surface area contributed by atoms with E-state index in [1.165, 1.54) is 12.1 Å². The predicted octanol–water partition coefficient (Wildman–Crippen LogP) is 2.18. The molecule has 0 spiro atoms. The first-order valence-corrected chi connectivity index (χ1v) is 7.07. The van der Waals surface area contributed by atoms with Crippen molar-refractivity contribution >= 4 is 8.80 Å². The molecule has 1 rings (SSSR count). The van der Waals surface area contributed by atoms with Crippen LogP contribution in [0.2, 0.25) is 0 Å². The summed E-state index contributed by atoms with van der Waals surface area (Å²) < 4.78 is 29.0. The monoisotopic (exact) mass is 244 g/mol. The van der Waals surface area contributed by atoms with E-state index in [0.717, 1.165) is 5.56 Å². The van der Waals surface area contributed by atoms with Gasteiger partial charge in [0.05, 0.1) is 0 Å². The summed E-state index contributed by atoms with van der Waals surface area (Å²) in [5.41, 5.74) is 0.949. The van der Waals surface area contributed by atoms with Crippen LogP contribution in [0.3, 0.4) is 0 Å². The Balaban J connectivity index is 2.78. The quantitative estimate of drug-likeness (QED) is 0.718. The Bertz CT molecular complexity index is 312. The number of hydrogen-bond donors (Lipinski definition) is 0. The molecule has 0 atom stereocenters. The van der Waals surface area contributed by atoms with Gasteiger partial charge in [-0.3, -0.25) is 0 Å². The van der Waals surface area contributed by atoms with E-state index in [2.05, 4.69) is 0 Å². The zero-order valence-electron chi connectivity index (χ0n) is 9.83. The zero-order valence-corrected chi connectivity index (χ0v) is 10.8. The molecule has 0 heterocycles. The minimum absolute atomic E-state index is 0.248. The highest BCUT2D eigenvalue weighted by Gasteiger charge is 2.38. The molecule has 0 N–H and O–H groups in total. The van der Waals surface area contributed by atoms with Crippen LogP contribution in [0.15, 0.2) is 24.3 Å². The van der Waals surface area contributed by atoms with Crippen LogP contribution >= 0.6 is 0 Å². The van der Waals surface area contributed by atoms with Crippen molar-refractivity contribution in [1.82, 2.24) is 0 Å². The fraction of sp³-hybridized carbons (Fsp3) is 0.455. The maximum atomic E-state index is 12.7.